The number of nitrogens with zero attached hydrogens (tertiary/aromatic N) is 2. The summed E-state index contributed by atoms with van der Waals surface area (Å²) in [6.07, 6.45) is 2.71. The summed E-state index contributed by atoms with van der Waals surface area (Å²) in [5.41, 5.74) is 2.39. The van der Waals surface area contributed by atoms with Gasteiger partial charge in [-0.1, -0.05) is 22.7 Å². The van der Waals surface area contributed by atoms with Gasteiger partial charge in [0.15, 0.2) is 0 Å². The fourth-order valence-electron chi connectivity index (χ4n) is 2.25. The van der Waals surface area contributed by atoms with Gasteiger partial charge in [0, 0.05) is 30.1 Å². The van der Waals surface area contributed by atoms with E-state index >= 15 is 0 Å². The number of ether oxygens (including phenoxy) is 1. The highest BCUT2D eigenvalue weighted by Crippen LogP contribution is 2.37. The van der Waals surface area contributed by atoms with Crippen LogP contribution in [0.2, 0.25) is 0 Å². The Hall–Kier alpha value is -1.62. The number of fused-ring (bicyclic) bond motifs is 1. The summed E-state index contributed by atoms with van der Waals surface area (Å²) in [7, 11) is 0. The molecule has 1 aromatic carbocycles. The molecular weight excluding hydrogens is 246 g/mol. The second kappa shape index (κ2) is 4.24. The number of anilines is 1. The van der Waals surface area contributed by atoms with Crippen molar-refractivity contribution in [3.63, 3.8) is 0 Å². The van der Waals surface area contributed by atoms with Crippen LogP contribution < -0.4 is 10.1 Å². The van der Waals surface area contributed by atoms with Crippen LogP contribution in [-0.2, 0) is 13.0 Å². The Kier molecular flexibility index (Phi) is 2.70. The topological polar surface area (TPSA) is 47.0 Å². The molecule has 0 radical (unpaired) electrons. The Labute approximate surface area is 110 Å². The molecule has 1 aromatic heterocycles. The standard InChI is InChI=1S/C13H15N3OS/c1-13(2)6-9-4-3-5-10(12(9)17-13)7-14-11-8-15-16-18-11/h3-5,8,14H,6-7H2,1-2H3. The van der Waals surface area contributed by atoms with Crippen LogP contribution in [0, 0.1) is 0 Å². The van der Waals surface area contributed by atoms with Gasteiger partial charge in [0.25, 0.3) is 0 Å². The summed E-state index contributed by atoms with van der Waals surface area (Å²) < 4.78 is 9.86. The highest BCUT2D eigenvalue weighted by atomic mass is 32.1. The first kappa shape index (κ1) is 11.5. The fraction of sp³-hybridized carbons (Fsp3) is 0.385. The van der Waals surface area contributed by atoms with E-state index in [1.165, 1.54) is 22.7 Å². The summed E-state index contributed by atoms with van der Waals surface area (Å²) in [6, 6.07) is 6.33. The summed E-state index contributed by atoms with van der Waals surface area (Å²) in [5, 5.41) is 8.09. The SMILES string of the molecule is CC1(C)Cc2cccc(CNc3cnns3)c2O1. The van der Waals surface area contributed by atoms with Crippen molar-refractivity contribution in [2.75, 3.05) is 5.32 Å². The number of hydrogen-bond acceptors (Lipinski definition) is 5. The summed E-state index contributed by atoms with van der Waals surface area (Å²) in [5.74, 6) is 1.03. The largest absolute Gasteiger partial charge is 0.487 e. The Morgan fingerprint density at radius 2 is 2.33 bits per heavy atom. The van der Waals surface area contributed by atoms with Gasteiger partial charge in [-0.3, -0.25) is 0 Å². The van der Waals surface area contributed by atoms with Crippen molar-refractivity contribution in [3.05, 3.63) is 35.5 Å². The first-order chi connectivity index (χ1) is 8.64. The van der Waals surface area contributed by atoms with Gasteiger partial charge in [-0.05, 0) is 19.4 Å². The molecule has 0 spiro atoms. The Morgan fingerprint density at radius 3 is 3.11 bits per heavy atom. The number of hydrogen-bond donors (Lipinski definition) is 1. The second-order valence-electron chi connectivity index (χ2n) is 5.08. The Balaban J connectivity index is 1.80. The number of para-hydroxylation sites is 1. The number of benzene rings is 1. The third kappa shape index (κ3) is 2.18. The van der Waals surface area contributed by atoms with E-state index in [0.717, 1.165) is 23.7 Å². The molecule has 4 nitrogen and oxygen atoms in total. The Morgan fingerprint density at radius 1 is 1.44 bits per heavy atom. The molecule has 2 aromatic rings. The van der Waals surface area contributed by atoms with Gasteiger partial charge in [-0.25, -0.2) is 0 Å². The summed E-state index contributed by atoms with van der Waals surface area (Å²) in [4.78, 5) is 0. The van der Waals surface area contributed by atoms with Crippen molar-refractivity contribution >= 4 is 16.5 Å². The molecule has 0 aliphatic carbocycles. The van der Waals surface area contributed by atoms with Crippen LogP contribution in [0.3, 0.4) is 0 Å². The molecule has 3 rings (SSSR count). The zero-order chi connectivity index (χ0) is 12.6. The van der Waals surface area contributed by atoms with Gasteiger partial charge in [0.1, 0.15) is 16.4 Å². The van der Waals surface area contributed by atoms with E-state index in [0.29, 0.717) is 0 Å². The first-order valence-electron chi connectivity index (χ1n) is 5.95. The fourth-order valence-corrected chi connectivity index (χ4v) is 2.66. The predicted octanol–water partition coefficient (Wildman–Crippen LogP) is 2.86. The minimum absolute atomic E-state index is 0.0928. The van der Waals surface area contributed by atoms with Crippen molar-refractivity contribution in [1.29, 1.82) is 0 Å². The number of aromatic nitrogens is 2. The van der Waals surface area contributed by atoms with Crippen LogP contribution in [0.5, 0.6) is 5.75 Å². The average Bonchev–Trinajstić information content (AvgIpc) is 2.91. The Bertz CT molecular complexity index is 551. The van der Waals surface area contributed by atoms with Crippen LogP contribution >= 0.6 is 11.5 Å². The predicted molar refractivity (Wildman–Crippen MR) is 72.1 cm³/mol. The molecule has 0 atom stereocenters. The minimum atomic E-state index is -0.0928. The second-order valence-corrected chi connectivity index (χ2v) is 5.86. The quantitative estimate of drug-likeness (QED) is 0.923. The maximum absolute atomic E-state index is 6.03. The smallest absolute Gasteiger partial charge is 0.130 e. The summed E-state index contributed by atoms with van der Waals surface area (Å²) >= 11 is 1.36. The van der Waals surface area contributed by atoms with Crippen molar-refractivity contribution in [2.24, 2.45) is 0 Å². The van der Waals surface area contributed by atoms with Gasteiger partial charge >= 0.3 is 0 Å². The van der Waals surface area contributed by atoms with Gasteiger partial charge < -0.3 is 10.1 Å². The van der Waals surface area contributed by atoms with Gasteiger partial charge in [0.05, 0.1) is 6.20 Å². The van der Waals surface area contributed by atoms with Gasteiger partial charge in [-0.15, -0.1) is 5.10 Å². The molecule has 1 N–H and O–H groups in total. The molecule has 0 amide bonds. The lowest BCUT2D eigenvalue weighted by molar-refractivity contribution is 0.137. The monoisotopic (exact) mass is 261 g/mol. The molecule has 0 unspecified atom stereocenters. The molecule has 0 saturated carbocycles. The molecule has 1 aliphatic rings. The molecule has 18 heavy (non-hydrogen) atoms. The molecule has 5 heteroatoms. The lowest BCUT2D eigenvalue weighted by Crippen LogP contribution is -2.25. The molecule has 0 bridgehead atoms. The zero-order valence-electron chi connectivity index (χ0n) is 10.4. The molecule has 94 valence electrons. The first-order valence-corrected chi connectivity index (χ1v) is 6.72. The van der Waals surface area contributed by atoms with Gasteiger partial charge in [-0.2, -0.15) is 0 Å². The van der Waals surface area contributed by atoms with Crippen LogP contribution in [0.25, 0.3) is 0 Å². The third-order valence-electron chi connectivity index (χ3n) is 2.99. The maximum atomic E-state index is 6.03. The van der Waals surface area contributed by atoms with E-state index < -0.39 is 0 Å². The van der Waals surface area contributed by atoms with Crippen LogP contribution in [0.1, 0.15) is 25.0 Å². The highest BCUT2D eigenvalue weighted by molar-refractivity contribution is 7.09. The zero-order valence-corrected chi connectivity index (χ0v) is 11.3. The van der Waals surface area contributed by atoms with E-state index in [4.69, 9.17) is 4.74 Å². The van der Waals surface area contributed by atoms with Crippen molar-refractivity contribution in [3.8, 4) is 5.75 Å². The molecular formula is C13H15N3OS. The van der Waals surface area contributed by atoms with E-state index in [-0.39, 0.29) is 5.60 Å². The van der Waals surface area contributed by atoms with E-state index in [1.807, 2.05) is 0 Å². The normalized spacial score (nSPS) is 16.1. The van der Waals surface area contributed by atoms with E-state index in [1.54, 1.807) is 6.20 Å². The maximum Gasteiger partial charge on any atom is 0.130 e. The third-order valence-corrected chi connectivity index (χ3v) is 3.61. The lowest BCUT2D eigenvalue weighted by atomic mass is 10.0. The minimum Gasteiger partial charge on any atom is -0.487 e. The van der Waals surface area contributed by atoms with E-state index in [9.17, 15) is 0 Å². The van der Waals surface area contributed by atoms with Crippen LogP contribution in [0.15, 0.2) is 24.4 Å². The van der Waals surface area contributed by atoms with Crippen molar-refractivity contribution in [1.82, 2.24) is 9.59 Å². The number of rotatable bonds is 3. The molecule has 0 saturated heterocycles. The lowest BCUT2D eigenvalue weighted by Gasteiger charge is -2.18. The molecule has 1 aliphatic heterocycles. The van der Waals surface area contributed by atoms with Crippen LogP contribution in [-0.4, -0.2) is 15.2 Å². The van der Waals surface area contributed by atoms with Crippen LogP contribution in [0.4, 0.5) is 5.00 Å². The van der Waals surface area contributed by atoms with E-state index in [2.05, 4.69) is 47.0 Å². The summed E-state index contributed by atoms with van der Waals surface area (Å²) in [6.45, 7) is 4.98. The molecule has 0 fully saturated rings. The highest BCUT2D eigenvalue weighted by Gasteiger charge is 2.31. The van der Waals surface area contributed by atoms with Crippen molar-refractivity contribution in [2.45, 2.75) is 32.4 Å². The average molecular weight is 261 g/mol. The van der Waals surface area contributed by atoms with Gasteiger partial charge in [0.2, 0.25) is 0 Å². The van der Waals surface area contributed by atoms with Crippen molar-refractivity contribution < 1.29 is 4.74 Å². The molecule has 2 heterocycles. The number of nitrogens with one attached hydrogen (secondary N) is 1.